The van der Waals surface area contributed by atoms with E-state index in [-0.39, 0.29) is 36.4 Å². The summed E-state index contributed by atoms with van der Waals surface area (Å²) >= 11 is 0. The fraction of sp³-hybridized carbons (Fsp3) is 0.263. The number of furan rings is 1. The van der Waals surface area contributed by atoms with Gasteiger partial charge in [0, 0.05) is 19.2 Å². The zero-order valence-corrected chi connectivity index (χ0v) is 17.6. The first kappa shape index (κ1) is 22.6. The second-order valence-corrected chi connectivity index (χ2v) is 5.34. The number of carbonyl (C=O) groups is 1. The summed E-state index contributed by atoms with van der Waals surface area (Å²) in [5.41, 5.74) is 0.986. The van der Waals surface area contributed by atoms with Crippen molar-refractivity contribution < 1.29 is 13.9 Å². The van der Waals surface area contributed by atoms with Gasteiger partial charge in [-0.1, -0.05) is 30.9 Å². The molecule has 3 N–H and O–H groups in total. The highest BCUT2D eigenvalue weighted by Gasteiger charge is 2.06. The number of nitrogens with one attached hydrogen (secondary N) is 3. The van der Waals surface area contributed by atoms with Gasteiger partial charge in [0.05, 0.1) is 19.4 Å². The molecule has 0 bridgehead atoms. The number of rotatable bonds is 9. The minimum Gasteiger partial charge on any atom is -0.489 e. The van der Waals surface area contributed by atoms with E-state index in [9.17, 15) is 4.79 Å². The summed E-state index contributed by atoms with van der Waals surface area (Å²) in [6.45, 7) is 5.07. The molecule has 0 atom stereocenters. The molecule has 2 aromatic rings. The van der Waals surface area contributed by atoms with Gasteiger partial charge < -0.3 is 25.1 Å². The zero-order chi connectivity index (χ0) is 18.6. The van der Waals surface area contributed by atoms with E-state index in [1.54, 1.807) is 31.5 Å². The molecule has 8 heteroatoms. The van der Waals surface area contributed by atoms with Crippen molar-refractivity contribution in [3.63, 3.8) is 0 Å². The van der Waals surface area contributed by atoms with Gasteiger partial charge in [0.15, 0.2) is 5.96 Å². The molecule has 0 saturated heterocycles. The number of aliphatic imine (C=N–C) groups is 1. The number of ether oxygens (including phenoxy) is 1. The normalized spacial score (nSPS) is 10.5. The maximum absolute atomic E-state index is 11.9. The summed E-state index contributed by atoms with van der Waals surface area (Å²) in [5, 5.41) is 8.90. The topological polar surface area (TPSA) is 87.9 Å². The van der Waals surface area contributed by atoms with Gasteiger partial charge in [-0.15, -0.1) is 24.0 Å². The maximum atomic E-state index is 11.9. The maximum Gasteiger partial charge on any atom is 0.239 e. The van der Waals surface area contributed by atoms with Crippen LogP contribution in [0.5, 0.6) is 5.75 Å². The Kier molecular flexibility index (Phi) is 10.7. The molecule has 2 rings (SSSR count). The van der Waals surface area contributed by atoms with Crippen molar-refractivity contribution in [1.82, 2.24) is 16.0 Å². The molecule has 0 spiro atoms. The first-order chi connectivity index (χ1) is 12.7. The molecular formula is C19H25IN4O3. The zero-order valence-electron chi connectivity index (χ0n) is 15.2. The van der Waals surface area contributed by atoms with E-state index in [1.165, 1.54) is 0 Å². The van der Waals surface area contributed by atoms with Gasteiger partial charge in [-0.2, -0.15) is 0 Å². The number of benzene rings is 1. The number of halogens is 1. The molecule has 146 valence electrons. The molecule has 1 aromatic carbocycles. The average Bonchev–Trinajstić information content (AvgIpc) is 3.19. The van der Waals surface area contributed by atoms with E-state index in [1.807, 2.05) is 24.3 Å². The molecule has 1 amide bonds. The Morgan fingerprint density at radius 3 is 2.70 bits per heavy atom. The fourth-order valence-electron chi connectivity index (χ4n) is 2.16. The Balaban J connectivity index is 0.00000364. The third-order valence-electron chi connectivity index (χ3n) is 3.46. The summed E-state index contributed by atoms with van der Waals surface area (Å²) in [7, 11) is 1.65. The number of nitrogens with zero attached hydrogens (tertiary/aromatic N) is 1. The molecular weight excluding hydrogens is 459 g/mol. The van der Waals surface area contributed by atoms with E-state index in [4.69, 9.17) is 9.15 Å². The lowest BCUT2D eigenvalue weighted by Gasteiger charge is -2.14. The predicted molar refractivity (Wildman–Crippen MR) is 116 cm³/mol. The van der Waals surface area contributed by atoms with Crippen LogP contribution in [-0.2, 0) is 17.9 Å². The molecule has 0 aliphatic rings. The van der Waals surface area contributed by atoms with Crippen LogP contribution in [0.25, 0.3) is 0 Å². The van der Waals surface area contributed by atoms with Crippen molar-refractivity contribution >= 4 is 35.8 Å². The molecule has 27 heavy (non-hydrogen) atoms. The molecule has 1 aromatic heterocycles. The average molecular weight is 484 g/mol. The molecule has 0 aliphatic carbocycles. The van der Waals surface area contributed by atoms with Crippen molar-refractivity contribution in [3.8, 4) is 5.75 Å². The van der Waals surface area contributed by atoms with Crippen LogP contribution in [-0.4, -0.2) is 32.1 Å². The fourth-order valence-corrected chi connectivity index (χ4v) is 2.16. The molecule has 7 nitrogen and oxygen atoms in total. The van der Waals surface area contributed by atoms with Crippen LogP contribution in [0.4, 0.5) is 0 Å². The van der Waals surface area contributed by atoms with Gasteiger partial charge in [0.25, 0.3) is 0 Å². The van der Waals surface area contributed by atoms with Gasteiger partial charge in [0.2, 0.25) is 5.91 Å². The summed E-state index contributed by atoms with van der Waals surface area (Å²) in [4.78, 5) is 16.0. The van der Waals surface area contributed by atoms with Gasteiger partial charge in [0.1, 0.15) is 18.1 Å². The van der Waals surface area contributed by atoms with E-state index < -0.39 is 0 Å². The summed E-state index contributed by atoms with van der Waals surface area (Å²) in [6, 6.07) is 11.3. The second kappa shape index (κ2) is 12.8. The van der Waals surface area contributed by atoms with Gasteiger partial charge in [-0.25, -0.2) is 0 Å². The van der Waals surface area contributed by atoms with E-state index in [0.29, 0.717) is 31.4 Å². The highest BCUT2D eigenvalue weighted by Crippen LogP contribution is 2.17. The SMILES string of the molecule is C=CCOc1ccccc1CNC(=NC)NCC(=O)NCc1ccco1.I. The molecule has 1 heterocycles. The van der Waals surface area contributed by atoms with E-state index in [2.05, 4.69) is 27.5 Å². The van der Waals surface area contributed by atoms with Crippen molar-refractivity contribution in [2.24, 2.45) is 4.99 Å². The lowest BCUT2D eigenvalue weighted by molar-refractivity contribution is -0.120. The first-order valence-electron chi connectivity index (χ1n) is 8.28. The quantitative estimate of drug-likeness (QED) is 0.220. The monoisotopic (exact) mass is 484 g/mol. The Bertz CT molecular complexity index is 732. The first-order valence-corrected chi connectivity index (χ1v) is 8.28. The molecule has 0 unspecified atom stereocenters. The number of hydrogen-bond donors (Lipinski definition) is 3. The molecule has 0 fully saturated rings. The Hall–Kier alpha value is -2.49. The number of guanidine groups is 1. The third-order valence-corrected chi connectivity index (χ3v) is 3.46. The standard InChI is InChI=1S/C19H24N4O3.HI/c1-3-10-26-17-9-5-4-7-15(17)12-22-19(20-2)23-14-18(24)21-13-16-8-6-11-25-16;/h3-9,11H,1,10,12-14H2,2H3,(H,21,24)(H2,20,22,23);1H. The van der Waals surface area contributed by atoms with Crippen LogP contribution >= 0.6 is 24.0 Å². The number of carbonyl (C=O) groups excluding carboxylic acids is 1. The van der Waals surface area contributed by atoms with Crippen molar-refractivity contribution in [2.45, 2.75) is 13.1 Å². The predicted octanol–water partition coefficient (Wildman–Crippen LogP) is 2.44. The van der Waals surface area contributed by atoms with Crippen LogP contribution in [0.1, 0.15) is 11.3 Å². The Labute approximate surface area is 176 Å². The summed E-state index contributed by atoms with van der Waals surface area (Å²) in [5.74, 6) is 1.86. The summed E-state index contributed by atoms with van der Waals surface area (Å²) in [6.07, 6.45) is 3.27. The molecule has 0 aliphatic heterocycles. The highest BCUT2D eigenvalue weighted by atomic mass is 127. The van der Waals surface area contributed by atoms with E-state index >= 15 is 0 Å². The van der Waals surface area contributed by atoms with Crippen molar-refractivity contribution in [2.75, 3.05) is 20.2 Å². The van der Waals surface area contributed by atoms with Crippen LogP contribution in [0.3, 0.4) is 0 Å². The van der Waals surface area contributed by atoms with Gasteiger partial charge in [-0.05, 0) is 18.2 Å². The van der Waals surface area contributed by atoms with E-state index in [0.717, 1.165) is 11.3 Å². The largest absolute Gasteiger partial charge is 0.489 e. The van der Waals surface area contributed by atoms with Crippen LogP contribution < -0.4 is 20.7 Å². The van der Waals surface area contributed by atoms with Crippen molar-refractivity contribution in [1.29, 1.82) is 0 Å². The lowest BCUT2D eigenvalue weighted by atomic mass is 10.2. The molecule has 0 radical (unpaired) electrons. The number of amides is 1. The Morgan fingerprint density at radius 1 is 1.19 bits per heavy atom. The van der Waals surface area contributed by atoms with Crippen molar-refractivity contribution in [3.05, 3.63) is 66.6 Å². The van der Waals surface area contributed by atoms with Crippen LogP contribution in [0.2, 0.25) is 0 Å². The minimum atomic E-state index is -0.154. The lowest BCUT2D eigenvalue weighted by Crippen LogP contribution is -2.42. The van der Waals surface area contributed by atoms with Gasteiger partial charge in [-0.3, -0.25) is 9.79 Å². The minimum absolute atomic E-state index is 0. The highest BCUT2D eigenvalue weighted by molar-refractivity contribution is 14.0. The second-order valence-electron chi connectivity index (χ2n) is 5.34. The summed E-state index contributed by atoms with van der Waals surface area (Å²) < 4.78 is 10.8. The molecule has 0 saturated carbocycles. The van der Waals surface area contributed by atoms with Crippen LogP contribution in [0, 0.1) is 0 Å². The van der Waals surface area contributed by atoms with Gasteiger partial charge >= 0.3 is 0 Å². The smallest absolute Gasteiger partial charge is 0.239 e. The Morgan fingerprint density at radius 2 is 2.00 bits per heavy atom. The number of para-hydroxylation sites is 1. The number of hydrogen-bond acceptors (Lipinski definition) is 4. The van der Waals surface area contributed by atoms with Crippen LogP contribution in [0.15, 0.2) is 64.7 Å². The third kappa shape index (κ3) is 8.16.